The molecule has 1 aromatic carbocycles. The minimum atomic E-state index is -0.104. The number of imidazole rings is 1. The number of hydrogen-bond donors (Lipinski definition) is 3. The third kappa shape index (κ3) is 3.55. The lowest BCUT2D eigenvalue weighted by atomic mass is 9.85. The summed E-state index contributed by atoms with van der Waals surface area (Å²) in [5.41, 5.74) is 7.95. The van der Waals surface area contributed by atoms with Crippen molar-refractivity contribution < 1.29 is 4.79 Å². The lowest BCUT2D eigenvalue weighted by molar-refractivity contribution is -0.127. The van der Waals surface area contributed by atoms with Gasteiger partial charge in [-0.05, 0) is 37.3 Å². The molecular formula is C18H26N4O. The molecule has 5 heteroatoms. The molecule has 0 spiro atoms. The van der Waals surface area contributed by atoms with Gasteiger partial charge in [-0.3, -0.25) is 4.79 Å². The van der Waals surface area contributed by atoms with Crippen LogP contribution in [0.15, 0.2) is 24.3 Å². The molecule has 3 atom stereocenters. The Labute approximate surface area is 137 Å². The van der Waals surface area contributed by atoms with Crippen LogP contribution in [0.25, 0.3) is 11.0 Å². The van der Waals surface area contributed by atoms with Crippen molar-refractivity contribution in [1.29, 1.82) is 0 Å². The van der Waals surface area contributed by atoms with Gasteiger partial charge < -0.3 is 16.0 Å². The second kappa shape index (κ2) is 6.71. The van der Waals surface area contributed by atoms with Crippen molar-refractivity contribution >= 4 is 16.9 Å². The average molecular weight is 314 g/mol. The molecule has 1 aromatic heterocycles. The topological polar surface area (TPSA) is 83.8 Å². The highest BCUT2D eigenvalue weighted by Gasteiger charge is 2.29. The molecule has 1 saturated carbocycles. The van der Waals surface area contributed by atoms with Gasteiger partial charge in [-0.15, -0.1) is 0 Å². The number of benzene rings is 1. The predicted octanol–water partition coefficient (Wildman–Crippen LogP) is 2.89. The predicted molar refractivity (Wildman–Crippen MR) is 91.7 cm³/mol. The zero-order chi connectivity index (χ0) is 16.4. The van der Waals surface area contributed by atoms with E-state index in [0.717, 1.165) is 42.5 Å². The summed E-state index contributed by atoms with van der Waals surface area (Å²) in [5.74, 6) is 1.23. The molecule has 2 aromatic rings. The second-order valence-electron chi connectivity index (χ2n) is 6.99. The number of hydrogen-bond acceptors (Lipinski definition) is 3. The first kappa shape index (κ1) is 16.0. The van der Waals surface area contributed by atoms with Crippen LogP contribution in [0.5, 0.6) is 0 Å². The number of fused-ring (bicyclic) bond motifs is 1. The molecule has 23 heavy (non-hydrogen) atoms. The highest BCUT2D eigenvalue weighted by Crippen LogP contribution is 2.26. The van der Waals surface area contributed by atoms with Crippen LogP contribution in [0.3, 0.4) is 0 Å². The van der Waals surface area contributed by atoms with Gasteiger partial charge in [0, 0.05) is 12.0 Å². The van der Waals surface area contributed by atoms with Gasteiger partial charge in [-0.25, -0.2) is 4.98 Å². The monoisotopic (exact) mass is 314 g/mol. The van der Waals surface area contributed by atoms with Crippen LogP contribution in [0.1, 0.15) is 51.4 Å². The summed E-state index contributed by atoms with van der Waals surface area (Å²) >= 11 is 0. The first-order chi connectivity index (χ1) is 11.0. The average Bonchev–Trinajstić information content (AvgIpc) is 2.95. The molecule has 1 heterocycles. The van der Waals surface area contributed by atoms with E-state index in [1.165, 1.54) is 0 Å². The van der Waals surface area contributed by atoms with E-state index in [2.05, 4.69) is 29.1 Å². The van der Waals surface area contributed by atoms with E-state index >= 15 is 0 Å². The van der Waals surface area contributed by atoms with Crippen molar-refractivity contribution in [2.75, 3.05) is 0 Å². The Morgan fingerprint density at radius 2 is 2.13 bits per heavy atom. The molecule has 0 radical (unpaired) electrons. The van der Waals surface area contributed by atoms with Crippen LogP contribution in [-0.2, 0) is 4.79 Å². The van der Waals surface area contributed by atoms with Crippen LogP contribution in [0.2, 0.25) is 0 Å². The van der Waals surface area contributed by atoms with Crippen molar-refractivity contribution in [3.8, 4) is 0 Å². The third-order valence-corrected chi connectivity index (χ3v) is 4.75. The number of nitrogens with two attached hydrogens (primary N) is 1. The number of aromatic nitrogens is 2. The number of aromatic amines is 1. The van der Waals surface area contributed by atoms with E-state index < -0.39 is 0 Å². The maximum absolute atomic E-state index is 12.6. The van der Waals surface area contributed by atoms with Gasteiger partial charge in [0.1, 0.15) is 5.82 Å². The summed E-state index contributed by atoms with van der Waals surface area (Å²) in [4.78, 5) is 20.6. The summed E-state index contributed by atoms with van der Waals surface area (Å²) in [6.45, 7) is 4.20. The zero-order valence-corrected chi connectivity index (χ0v) is 13.9. The minimum absolute atomic E-state index is 0.0318. The summed E-state index contributed by atoms with van der Waals surface area (Å²) in [6.07, 6.45) is 3.79. The van der Waals surface area contributed by atoms with Crippen LogP contribution >= 0.6 is 0 Å². The molecule has 3 rings (SSSR count). The number of carbonyl (C=O) groups excluding carboxylic acids is 1. The Morgan fingerprint density at radius 3 is 2.83 bits per heavy atom. The number of rotatable bonds is 4. The quantitative estimate of drug-likeness (QED) is 0.811. The van der Waals surface area contributed by atoms with Gasteiger partial charge >= 0.3 is 0 Å². The zero-order valence-electron chi connectivity index (χ0n) is 13.9. The fourth-order valence-electron chi connectivity index (χ4n) is 3.41. The van der Waals surface area contributed by atoms with E-state index in [1.54, 1.807) is 0 Å². The van der Waals surface area contributed by atoms with Crippen molar-refractivity contribution in [3.05, 3.63) is 30.1 Å². The Balaban J connectivity index is 1.77. The molecule has 5 nitrogen and oxygen atoms in total. The van der Waals surface area contributed by atoms with E-state index in [9.17, 15) is 4.79 Å². The summed E-state index contributed by atoms with van der Waals surface area (Å²) < 4.78 is 0. The van der Waals surface area contributed by atoms with Gasteiger partial charge in [-0.1, -0.05) is 32.4 Å². The van der Waals surface area contributed by atoms with Gasteiger partial charge in [0.15, 0.2) is 0 Å². The van der Waals surface area contributed by atoms with E-state index in [0.29, 0.717) is 0 Å². The minimum Gasteiger partial charge on any atom is -0.346 e. The van der Waals surface area contributed by atoms with Gasteiger partial charge in [0.2, 0.25) is 5.91 Å². The summed E-state index contributed by atoms with van der Waals surface area (Å²) in [6, 6.07) is 7.99. The molecule has 0 aliphatic heterocycles. The molecule has 3 unspecified atom stereocenters. The fraction of sp³-hybridized carbons (Fsp3) is 0.556. The van der Waals surface area contributed by atoms with Gasteiger partial charge in [0.25, 0.3) is 0 Å². The number of carbonyl (C=O) groups is 1. The lowest BCUT2D eigenvalue weighted by Gasteiger charge is -2.28. The lowest BCUT2D eigenvalue weighted by Crippen LogP contribution is -2.40. The highest BCUT2D eigenvalue weighted by molar-refractivity contribution is 5.79. The summed E-state index contributed by atoms with van der Waals surface area (Å²) in [7, 11) is 0. The molecule has 0 bridgehead atoms. The molecule has 1 aliphatic carbocycles. The van der Waals surface area contributed by atoms with Crippen molar-refractivity contribution in [1.82, 2.24) is 15.3 Å². The number of nitrogens with zero attached hydrogens (tertiary/aromatic N) is 1. The first-order valence-electron chi connectivity index (χ1n) is 8.55. The van der Waals surface area contributed by atoms with Crippen LogP contribution in [-0.4, -0.2) is 21.9 Å². The molecular weight excluding hydrogens is 288 g/mol. The van der Waals surface area contributed by atoms with Crippen LogP contribution in [0, 0.1) is 11.8 Å². The van der Waals surface area contributed by atoms with Gasteiger partial charge in [0.05, 0.1) is 17.1 Å². The number of H-pyrrole nitrogens is 1. The number of para-hydroxylation sites is 2. The summed E-state index contributed by atoms with van der Waals surface area (Å²) in [5, 5.41) is 3.20. The number of amides is 1. The van der Waals surface area contributed by atoms with Crippen molar-refractivity contribution in [2.24, 2.45) is 17.6 Å². The molecule has 124 valence electrons. The fourth-order valence-corrected chi connectivity index (χ4v) is 3.41. The number of nitrogens with one attached hydrogen (secondary N) is 2. The molecule has 1 amide bonds. The van der Waals surface area contributed by atoms with Gasteiger partial charge in [-0.2, -0.15) is 0 Å². The molecule has 4 N–H and O–H groups in total. The van der Waals surface area contributed by atoms with Crippen molar-refractivity contribution in [3.63, 3.8) is 0 Å². The van der Waals surface area contributed by atoms with E-state index in [4.69, 9.17) is 5.73 Å². The highest BCUT2D eigenvalue weighted by atomic mass is 16.2. The molecule has 1 fully saturated rings. The normalized spacial score (nSPS) is 23.1. The Bertz CT molecular complexity index is 645. The Hall–Kier alpha value is -1.88. The van der Waals surface area contributed by atoms with E-state index in [1.807, 2.05) is 24.3 Å². The van der Waals surface area contributed by atoms with Crippen molar-refractivity contribution in [2.45, 2.75) is 51.6 Å². The maximum atomic E-state index is 12.6. The van der Waals surface area contributed by atoms with Crippen LogP contribution < -0.4 is 11.1 Å². The van der Waals surface area contributed by atoms with Crippen LogP contribution in [0.4, 0.5) is 0 Å². The second-order valence-corrected chi connectivity index (χ2v) is 6.99. The maximum Gasteiger partial charge on any atom is 0.223 e. The largest absolute Gasteiger partial charge is 0.346 e. The third-order valence-electron chi connectivity index (χ3n) is 4.75. The Morgan fingerprint density at radius 1 is 1.35 bits per heavy atom. The molecule has 1 aliphatic rings. The first-order valence-corrected chi connectivity index (χ1v) is 8.55. The SMILES string of the molecule is CC(C)C(NC(=O)C1CCCC(N)C1)c1nc2ccccc2[nH]1. The van der Waals surface area contributed by atoms with E-state index in [-0.39, 0.29) is 29.8 Å². The Kier molecular flexibility index (Phi) is 4.66. The smallest absolute Gasteiger partial charge is 0.223 e. The standard InChI is InChI=1S/C18H26N4O/c1-11(2)16(17-20-14-8-3-4-9-15(14)21-17)22-18(23)12-6-5-7-13(19)10-12/h3-4,8-9,11-13,16H,5-7,10,19H2,1-2H3,(H,20,21)(H,22,23). The molecule has 0 saturated heterocycles.